The molecule has 0 fully saturated rings. The van der Waals surface area contributed by atoms with Gasteiger partial charge in [0.05, 0.1) is 17.4 Å². The monoisotopic (exact) mass is 302 g/mol. The van der Waals surface area contributed by atoms with Crippen molar-refractivity contribution in [3.05, 3.63) is 47.1 Å². The summed E-state index contributed by atoms with van der Waals surface area (Å²) in [6.07, 6.45) is 0.349. The zero-order valence-corrected chi connectivity index (χ0v) is 14.3. The van der Waals surface area contributed by atoms with Crippen molar-refractivity contribution in [3.8, 4) is 0 Å². The molecular weight excluding hydrogens is 276 g/mol. The number of rotatable bonds is 5. The first kappa shape index (κ1) is 16.7. The second-order valence-corrected chi connectivity index (χ2v) is 7.22. The maximum Gasteiger partial charge on any atom is 0.229 e. The van der Waals surface area contributed by atoms with E-state index in [1.165, 1.54) is 11.1 Å². The number of hydrogen-bond donors (Lipinski definition) is 1. The van der Waals surface area contributed by atoms with Crippen LogP contribution in [0.2, 0.25) is 0 Å². The molecular formula is C18H26N2O2. The normalized spacial score (nSPS) is 15.1. The summed E-state index contributed by atoms with van der Waals surface area (Å²) in [6.45, 7) is 12.0. The van der Waals surface area contributed by atoms with Gasteiger partial charge in [0.2, 0.25) is 5.89 Å². The van der Waals surface area contributed by atoms with Crippen molar-refractivity contribution in [2.45, 2.75) is 59.0 Å². The lowest BCUT2D eigenvalue weighted by atomic mass is 9.72. The highest BCUT2D eigenvalue weighted by molar-refractivity contribution is 5.34. The highest BCUT2D eigenvalue weighted by Crippen LogP contribution is 2.37. The third kappa shape index (κ3) is 3.38. The molecule has 2 aromatic rings. The van der Waals surface area contributed by atoms with Crippen molar-refractivity contribution in [1.82, 2.24) is 10.1 Å². The van der Waals surface area contributed by atoms with Gasteiger partial charge in [0.25, 0.3) is 0 Å². The second kappa shape index (κ2) is 5.84. The fraction of sp³-hybridized carbons (Fsp3) is 0.556. The van der Waals surface area contributed by atoms with E-state index in [1.807, 2.05) is 0 Å². The van der Waals surface area contributed by atoms with E-state index in [0.29, 0.717) is 24.1 Å². The Morgan fingerprint density at radius 3 is 2.23 bits per heavy atom. The Balaban J connectivity index is 2.42. The molecule has 4 nitrogen and oxygen atoms in total. The SMILES string of the molecule is Cc1ccc(C(C)(c2noc(CC(C)(C)O)n2)C(C)C)cc1. The summed E-state index contributed by atoms with van der Waals surface area (Å²) in [5.74, 6) is 1.45. The number of aryl methyl sites for hydroxylation is 1. The Kier molecular flexibility index (Phi) is 4.43. The Morgan fingerprint density at radius 1 is 1.14 bits per heavy atom. The van der Waals surface area contributed by atoms with Crippen LogP contribution >= 0.6 is 0 Å². The van der Waals surface area contributed by atoms with Gasteiger partial charge in [-0.05, 0) is 39.2 Å². The van der Waals surface area contributed by atoms with Gasteiger partial charge in [0, 0.05) is 0 Å². The molecule has 2 rings (SSSR count). The van der Waals surface area contributed by atoms with Crippen LogP contribution in [0.25, 0.3) is 0 Å². The summed E-state index contributed by atoms with van der Waals surface area (Å²) < 4.78 is 5.36. The van der Waals surface area contributed by atoms with Crippen LogP contribution < -0.4 is 0 Å². The van der Waals surface area contributed by atoms with Crippen LogP contribution in [0.3, 0.4) is 0 Å². The second-order valence-electron chi connectivity index (χ2n) is 7.22. The minimum absolute atomic E-state index is 0.308. The van der Waals surface area contributed by atoms with E-state index in [-0.39, 0.29) is 5.41 Å². The number of hydrogen-bond acceptors (Lipinski definition) is 4. The molecule has 0 saturated heterocycles. The molecule has 0 aliphatic heterocycles. The van der Waals surface area contributed by atoms with Crippen LogP contribution in [0, 0.1) is 12.8 Å². The van der Waals surface area contributed by atoms with Crippen molar-refractivity contribution in [2.24, 2.45) is 5.92 Å². The third-order valence-electron chi connectivity index (χ3n) is 4.32. The van der Waals surface area contributed by atoms with Crippen LogP contribution in [0.5, 0.6) is 0 Å². The largest absolute Gasteiger partial charge is 0.390 e. The Bertz CT molecular complexity index is 623. The van der Waals surface area contributed by atoms with Crippen molar-refractivity contribution >= 4 is 0 Å². The molecule has 1 aromatic carbocycles. The van der Waals surface area contributed by atoms with Gasteiger partial charge in [-0.3, -0.25) is 0 Å². The predicted octanol–water partition coefficient (Wildman–Crippen LogP) is 3.65. The van der Waals surface area contributed by atoms with E-state index in [4.69, 9.17) is 4.52 Å². The van der Waals surface area contributed by atoms with E-state index < -0.39 is 5.60 Å². The van der Waals surface area contributed by atoms with Crippen LogP contribution in [0.1, 0.15) is 57.5 Å². The number of aromatic nitrogens is 2. The quantitative estimate of drug-likeness (QED) is 0.916. The maximum absolute atomic E-state index is 9.91. The zero-order valence-electron chi connectivity index (χ0n) is 14.3. The lowest BCUT2D eigenvalue weighted by Gasteiger charge is -2.31. The average molecular weight is 302 g/mol. The van der Waals surface area contributed by atoms with Crippen molar-refractivity contribution in [1.29, 1.82) is 0 Å². The zero-order chi connectivity index (χ0) is 16.5. The summed E-state index contributed by atoms with van der Waals surface area (Å²) in [5.41, 5.74) is 1.21. The van der Waals surface area contributed by atoms with E-state index in [1.54, 1.807) is 13.8 Å². The van der Waals surface area contributed by atoms with E-state index in [0.717, 1.165) is 0 Å². The number of aliphatic hydroxyl groups is 1. The molecule has 1 heterocycles. The molecule has 0 radical (unpaired) electrons. The minimum atomic E-state index is -0.859. The molecule has 1 aromatic heterocycles. The summed E-state index contributed by atoms with van der Waals surface area (Å²) in [5, 5.41) is 14.1. The fourth-order valence-corrected chi connectivity index (χ4v) is 2.53. The van der Waals surface area contributed by atoms with Crippen LogP contribution in [0.15, 0.2) is 28.8 Å². The topological polar surface area (TPSA) is 59.2 Å². The van der Waals surface area contributed by atoms with Crippen molar-refractivity contribution in [3.63, 3.8) is 0 Å². The highest BCUT2D eigenvalue weighted by Gasteiger charge is 2.37. The lowest BCUT2D eigenvalue weighted by molar-refractivity contribution is 0.0718. The molecule has 1 atom stereocenters. The van der Waals surface area contributed by atoms with Crippen molar-refractivity contribution < 1.29 is 9.63 Å². The van der Waals surface area contributed by atoms with Crippen molar-refractivity contribution in [2.75, 3.05) is 0 Å². The molecule has 0 amide bonds. The Labute approximate surface area is 132 Å². The summed E-state index contributed by atoms with van der Waals surface area (Å²) in [7, 11) is 0. The smallest absolute Gasteiger partial charge is 0.229 e. The number of benzene rings is 1. The maximum atomic E-state index is 9.91. The van der Waals surface area contributed by atoms with Gasteiger partial charge in [0.1, 0.15) is 0 Å². The van der Waals surface area contributed by atoms with Gasteiger partial charge >= 0.3 is 0 Å². The molecule has 0 aliphatic rings. The molecule has 0 bridgehead atoms. The number of nitrogens with zero attached hydrogens (tertiary/aromatic N) is 2. The van der Waals surface area contributed by atoms with Crippen LogP contribution in [-0.2, 0) is 11.8 Å². The van der Waals surface area contributed by atoms with Gasteiger partial charge in [-0.2, -0.15) is 4.98 Å². The molecule has 0 spiro atoms. The summed E-state index contributed by atoms with van der Waals surface area (Å²) in [4.78, 5) is 4.55. The van der Waals surface area contributed by atoms with Gasteiger partial charge in [-0.15, -0.1) is 0 Å². The fourth-order valence-electron chi connectivity index (χ4n) is 2.53. The van der Waals surface area contributed by atoms with Crippen LogP contribution in [-0.4, -0.2) is 20.8 Å². The molecule has 4 heteroatoms. The molecule has 120 valence electrons. The standard InChI is InChI=1S/C18H26N2O2/c1-12(2)18(6,14-9-7-13(3)8-10-14)16-19-15(22-20-16)11-17(4,5)21/h7-10,12,21H,11H2,1-6H3. The van der Waals surface area contributed by atoms with E-state index in [9.17, 15) is 5.11 Å². The first-order valence-electron chi connectivity index (χ1n) is 7.75. The lowest BCUT2D eigenvalue weighted by Crippen LogP contribution is -2.31. The van der Waals surface area contributed by atoms with Gasteiger partial charge < -0.3 is 9.63 Å². The first-order chi connectivity index (χ1) is 10.1. The van der Waals surface area contributed by atoms with Gasteiger partial charge in [0.15, 0.2) is 5.82 Å². The average Bonchev–Trinajstić information content (AvgIpc) is 2.85. The minimum Gasteiger partial charge on any atom is -0.390 e. The van der Waals surface area contributed by atoms with E-state index in [2.05, 4.69) is 62.1 Å². The van der Waals surface area contributed by atoms with Gasteiger partial charge in [-0.1, -0.05) is 48.8 Å². The van der Waals surface area contributed by atoms with Crippen LogP contribution in [0.4, 0.5) is 0 Å². The molecule has 1 unspecified atom stereocenters. The molecule has 0 aliphatic carbocycles. The van der Waals surface area contributed by atoms with E-state index >= 15 is 0 Å². The summed E-state index contributed by atoms with van der Waals surface area (Å²) >= 11 is 0. The predicted molar refractivity (Wildman–Crippen MR) is 86.8 cm³/mol. The molecule has 0 saturated carbocycles. The third-order valence-corrected chi connectivity index (χ3v) is 4.32. The van der Waals surface area contributed by atoms with Gasteiger partial charge in [-0.25, -0.2) is 0 Å². The molecule has 1 N–H and O–H groups in total. The Morgan fingerprint density at radius 2 is 1.73 bits per heavy atom. The molecule has 22 heavy (non-hydrogen) atoms. The highest BCUT2D eigenvalue weighted by atomic mass is 16.5. The Hall–Kier alpha value is -1.68. The first-order valence-corrected chi connectivity index (χ1v) is 7.75. The summed E-state index contributed by atoms with van der Waals surface area (Å²) in [6, 6.07) is 8.46.